The van der Waals surface area contributed by atoms with Gasteiger partial charge in [0.15, 0.2) is 5.78 Å². The van der Waals surface area contributed by atoms with Crippen molar-refractivity contribution in [3.05, 3.63) is 34.6 Å². The van der Waals surface area contributed by atoms with Crippen LogP contribution in [0.1, 0.15) is 37.2 Å². The Morgan fingerprint density at radius 2 is 1.97 bits per heavy atom. The molecule has 0 radical (unpaired) electrons. The molecular formula is C21H21ClF3N3O5. The first kappa shape index (κ1) is 26.1. The molecule has 2 heterocycles. The molecule has 12 heteroatoms. The molecule has 0 aromatic carbocycles. The molecule has 1 unspecified atom stereocenters. The van der Waals surface area contributed by atoms with Gasteiger partial charge in [0, 0.05) is 30.0 Å². The van der Waals surface area contributed by atoms with E-state index in [1.807, 2.05) is 19.9 Å². The summed E-state index contributed by atoms with van der Waals surface area (Å²) in [4.78, 5) is 39.9. The maximum atomic E-state index is 12.8. The molecule has 1 aromatic heterocycles. The van der Waals surface area contributed by atoms with E-state index >= 15 is 0 Å². The summed E-state index contributed by atoms with van der Waals surface area (Å²) in [5, 5.41) is 16.8. The first-order chi connectivity index (χ1) is 15.2. The number of hydrogen-bond acceptors (Lipinski definition) is 6. The van der Waals surface area contributed by atoms with Crippen molar-refractivity contribution in [3.8, 4) is 11.8 Å². The number of Topliss-reactive ketones (excluding diaryl/α,β-unsaturated/α-hetero) is 1. The van der Waals surface area contributed by atoms with Crippen molar-refractivity contribution in [2.45, 2.75) is 32.9 Å². The number of ether oxygens (including phenoxy) is 1. The van der Waals surface area contributed by atoms with E-state index in [1.54, 1.807) is 11.0 Å². The molecule has 1 spiro atoms. The molecule has 1 atom stereocenters. The molecule has 8 nitrogen and oxygen atoms in total. The van der Waals surface area contributed by atoms with Gasteiger partial charge in [-0.05, 0) is 12.8 Å². The topological polar surface area (TPSA) is 121 Å². The molecule has 0 bridgehead atoms. The number of carboxylic acids is 1. The number of halogens is 4. The first-order valence-corrected chi connectivity index (χ1v) is 10.0. The number of likely N-dealkylation sites (tertiary alicyclic amines) is 1. The third kappa shape index (κ3) is 5.82. The van der Waals surface area contributed by atoms with Gasteiger partial charge in [-0.1, -0.05) is 31.5 Å². The van der Waals surface area contributed by atoms with E-state index in [9.17, 15) is 28.0 Å². The average Bonchev–Trinajstić information content (AvgIpc) is 3.13. The lowest BCUT2D eigenvalue weighted by molar-refractivity contribution is -0.192. The lowest BCUT2D eigenvalue weighted by atomic mass is 9.64. The third-order valence-corrected chi connectivity index (χ3v) is 5.68. The van der Waals surface area contributed by atoms with Crippen LogP contribution in [0.25, 0.3) is 0 Å². The fraction of sp³-hybridized carbons (Fsp3) is 0.476. The molecule has 3 rings (SSSR count). The normalized spacial score (nSPS) is 21.6. The Balaban J connectivity index is 0.000000479. The molecule has 1 aromatic rings. The van der Waals surface area contributed by atoms with Crippen molar-refractivity contribution in [1.82, 2.24) is 9.88 Å². The number of alkyl halides is 3. The van der Waals surface area contributed by atoms with E-state index in [2.05, 4.69) is 4.98 Å². The van der Waals surface area contributed by atoms with E-state index in [4.69, 9.17) is 26.2 Å². The lowest BCUT2D eigenvalue weighted by Gasteiger charge is -2.38. The van der Waals surface area contributed by atoms with Crippen LogP contribution in [0.5, 0.6) is 5.75 Å². The van der Waals surface area contributed by atoms with Gasteiger partial charge in [0.25, 0.3) is 5.91 Å². The van der Waals surface area contributed by atoms with Crippen LogP contribution < -0.4 is 4.74 Å². The summed E-state index contributed by atoms with van der Waals surface area (Å²) >= 11 is 5.97. The van der Waals surface area contributed by atoms with Crippen LogP contribution in [0.3, 0.4) is 0 Å². The monoisotopic (exact) mass is 487 g/mol. The van der Waals surface area contributed by atoms with Crippen LogP contribution in [-0.4, -0.2) is 59.0 Å². The van der Waals surface area contributed by atoms with Gasteiger partial charge >= 0.3 is 12.1 Å². The highest BCUT2D eigenvalue weighted by atomic mass is 35.5. The van der Waals surface area contributed by atoms with Crippen LogP contribution in [0, 0.1) is 22.2 Å². The highest BCUT2D eigenvalue weighted by Crippen LogP contribution is 2.48. The molecule has 0 saturated carbocycles. The van der Waals surface area contributed by atoms with Crippen molar-refractivity contribution in [2.75, 3.05) is 20.2 Å². The molecule has 1 aliphatic carbocycles. The number of nitrogens with zero attached hydrogens (tertiary/aromatic N) is 3. The largest absolute Gasteiger partial charge is 0.495 e. The number of aliphatic carboxylic acids is 1. The molecule has 178 valence electrons. The van der Waals surface area contributed by atoms with Gasteiger partial charge in [-0.2, -0.15) is 18.4 Å². The summed E-state index contributed by atoms with van der Waals surface area (Å²) in [6, 6.07) is 3.55. The molecule has 1 amide bonds. The van der Waals surface area contributed by atoms with E-state index < -0.39 is 17.6 Å². The standard InChI is InChI=1S/C19H20ClN3O3.C2HF3O2/c1-18(2)10-19(7-12(8-21)16(18)24)4-5-23(11-19)17(25)14-6-15(26-3)13(20)9-22-14;3-2(4,5)1(6)7/h6-7,9H,4-5,10-11H2,1-3H3;(H,6,7). The fourth-order valence-electron chi connectivity index (χ4n) is 4.02. The minimum atomic E-state index is -5.08. The molecular weight excluding hydrogens is 467 g/mol. The lowest BCUT2D eigenvalue weighted by Crippen LogP contribution is -2.40. The first-order valence-electron chi connectivity index (χ1n) is 9.62. The second kappa shape index (κ2) is 9.39. The van der Waals surface area contributed by atoms with E-state index in [-0.39, 0.29) is 28.4 Å². The van der Waals surface area contributed by atoms with Crippen LogP contribution in [0.15, 0.2) is 23.9 Å². The van der Waals surface area contributed by atoms with Crippen LogP contribution in [0.4, 0.5) is 13.2 Å². The number of rotatable bonds is 2. The molecule has 33 heavy (non-hydrogen) atoms. The Kier molecular flexibility index (Phi) is 7.43. The van der Waals surface area contributed by atoms with Gasteiger partial charge in [-0.25, -0.2) is 9.78 Å². The molecule has 1 saturated heterocycles. The Morgan fingerprint density at radius 1 is 1.36 bits per heavy atom. The van der Waals surface area contributed by atoms with Crippen LogP contribution in [-0.2, 0) is 9.59 Å². The number of ketones is 1. The number of amides is 1. The van der Waals surface area contributed by atoms with Crippen LogP contribution in [0.2, 0.25) is 5.02 Å². The van der Waals surface area contributed by atoms with Crippen molar-refractivity contribution >= 4 is 29.3 Å². The SMILES string of the molecule is COc1cc(C(=O)N2CCC3(C=C(C#N)C(=O)C(C)(C)C3)C2)ncc1Cl.O=C(O)C(F)(F)F. The Morgan fingerprint density at radius 3 is 2.48 bits per heavy atom. The summed E-state index contributed by atoms with van der Waals surface area (Å²) < 4.78 is 36.9. The summed E-state index contributed by atoms with van der Waals surface area (Å²) in [6.07, 6.45) is -0.588. The minimum Gasteiger partial charge on any atom is -0.495 e. The van der Waals surface area contributed by atoms with Gasteiger partial charge in [-0.15, -0.1) is 0 Å². The average molecular weight is 488 g/mol. The van der Waals surface area contributed by atoms with E-state index in [0.717, 1.165) is 0 Å². The van der Waals surface area contributed by atoms with E-state index in [0.29, 0.717) is 36.7 Å². The summed E-state index contributed by atoms with van der Waals surface area (Å²) in [6.45, 7) is 4.72. The van der Waals surface area contributed by atoms with Crippen molar-refractivity contribution in [3.63, 3.8) is 0 Å². The van der Waals surface area contributed by atoms with Gasteiger partial charge < -0.3 is 14.7 Å². The molecule has 1 N–H and O–H groups in total. The second-order valence-electron chi connectivity index (χ2n) is 8.41. The van der Waals surface area contributed by atoms with E-state index in [1.165, 1.54) is 19.4 Å². The van der Waals surface area contributed by atoms with Crippen LogP contribution >= 0.6 is 11.6 Å². The third-order valence-electron chi connectivity index (χ3n) is 5.40. The molecule has 1 aliphatic heterocycles. The van der Waals surface area contributed by atoms with Crippen molar-refractivity contribution in [2.24, 2.45) is 10.8 Å². The predicted molar refractivity (Wildman–Crippen MR) is 110 cm³/mol. The van der Waals surface area contributed by atoms with Gasteiger partial charge in [-0.3, -0.25) is 9.59 Å². The molecule has 2 aliphatic rings. The van der Waals surface area contributed by atoms with Crippen molar-refractivity contribution in [1.29, 1.82) is 5.26 Å². The Bertz CT molecular complexity index is 1050. The number of carbonyl (C=O) groups excluding carboxylic acids is 2. The van der Waals surface area contributed by atoms with Gasteiger partial charge in [0.2, 0.25) is 0 Å². The smallest absolute Gasteiger partial charge is 0.490 e. The van der Waals surface area contributed by atoms with Gasteiger partial charge in [0.05, 0.1) is 18.9 Å². The number of methoxy groups -OCH3 is 1. The summed E-state index contributed by atoms with van der Waals surface area (Å²) in [7, 11) is 1.48. The Hall–Kier alpha value is -3.13. The Labute approximate surface area is 192 Å². The zero-order valence-corrected chi connectivity index (χ0v) is 18.8. The number of carboxylic acid groups (broad SMARTS) is 1. The molecule has 1 fully saturated rings. The zero-order chi connectivity index (χ0) is 25.2. The quantitative estimate of drug-likeness (QED) is 0.675. The number of allylic oxidation sites excluding steroid dienone is 1. The maximum Gasteiger partial charge on any atom is 0.490 e. The number of carbonyl (C=O) groups is 3. The number of nitriles is 1. The number of hydrogen-bond donors (Lipinski definition) is 1. The minimum absolute atomic E-state index is 0.125. The fourth-order valence-corrected chi connectivity index (χ4v) is 4.20. The summed E-state index contributed by atoms with van der Waals surface area (Å²) in [5.41, 5.74) is -0.504. The summed E-state index contributed by atoms with van der Waals surface area (Å²) in [5.74, 6) is -2.69. The number of pyridine rings is 1. The zero-order valence-electron chi connectivity index (χ0n) is 18.0. The van der Waals surface area contributed by atoms with Crippen molar-refractivity contribution < 1.29 is 37.4 Å². The maximum absolute atomic E-state index is 12.8. The second-order valence-corrected chi connectivity index (χ2v) is 8.81. The van der Waals surface area contributed by atoms with Gasteiger partial charge in [0.1, 0.15) is 22.5 Å². The number of aromatic nitrogens is 1. The predicted octanol–water partition coefficient (Wildman–Crippen LogP) is 3.66. The highest BCUT2D eigenvalue weighted by molar-refractivity contribution is 6.32. The highest BCUT2D eigenvalue weighted by Gasteiger charge is 2.49.